The van der Waals surface area contributed by atoms with Crippen molar-refractivity contribution in [3.8, 4) is 6.07 Å². The van der Waals surface area contributed by atoms with E-state index in [0.29, 0.717) is 17.5 Å². The molecule has 3 aromatic rings. The predicted molar refractivity (Wildman–Crippen MR) is 159 cm³/mol. The Kier molecular flexibility index (Phi) is 8.28. The summed E-state index contributed by atoms with van der Waals surface area (Å²) < 4.78 is 0. The number of aromatic nitrogens is 1. The zero-order valence-corrected chi connectivity index (χ0v) is 22.8. The van der Waals surface area contributed by atoms with Crippen molar-refractivity contribution in [1.82, 2.24) is 9.88 Å². The molecule has 0 amide bonds. The van der Waals surface area contributed by atoms with Gasteiger partial charge in [-0.2, -0.15) is 5.26 Å². The Hall–Kier alpha value is -4.37. The van der Waals surface area contributed by atoms with E-state index in [0.717, 1.165) is 64.8 Å². The van der Waals surface area contributed by atoms with Crippen molar-refractivity contribution in [2.45, 2.75) is 45.6 Å². The van der Waals surface area contributed by atoms with Gasteiger partial charge in [-0.25, -0.2) is 4.98 Å². The topological polar surface area (TPSA) is 76.3 Å². The third-order valence-corrected chi connectivity index (χ3v) is 6.94. The minimum atomic E-state index is 0.327. The molecule has 2 aromatic carbocycles. The molecule has 2 N–H and O–H groups in total. The molecule has 1 fully saturated rings. The number of benzene rings is 2. The van der Waals surface area contributed by atoms with Gasteiger partial charge in [0.05, 0.1) is 11.6 Å². The molecule has 2 heterocycles. The third-order valence-electron chi connectivity index (χ3n) is 6.94. The van der Waals surface area contributed by atoms with E-state index in [1.807, 2.05) is 37.5 Å². The molecule has 0 radical (unpaired) electrons. The Morgan fingerprint density at radius 2 is 1.84 bits per heavy atom. The molecule has 6 nitrogen and oxygen atoms in total. The van der Waals surface area contributed by atoms with E-state index in [4.69, 9.17) is 5.26 Å². The summed E-state index contributed by atoms with van der Waals surface area (Å²) in [4.78, 5) is 11.4. The first-order valence-corrected chi connectivity index (χ1v) is 13.0. The van der Waals surface area contributed by atoms with Gasteiger partial charge in [0.1, 0.15) is 11.7 Å². The zero-order chi connectivity index (χ0) is 27.2. The molecule has 0 aliphatic carbocycles. The number of nitriles is 1. The number of pyridine rings is 1. The number of nitrogens with zero attached hydrogens (tertiary/aromatic N) is 4. The molecule has 0 spiro atoms. The van der Waals surface area contributed by atoms with Crippen molar-refractivity contribution in [3.63, 3.8) is 0 Å². The molecule has 1 unspecified atom stereocenters. The quantitative estimate of drug-likeness (QED) is 0.344. The van der Waals surface area contributed by atoms with Gasteiger partial charge in [-0.05, 0) is 80.1 Å². The normalized spacial score (nSPS) is 16.3. The van der Waals surface area contributed by atoms with Crippen LogP contribution >= 0.6 is 0 Å². The standard InChI is InChI=1S/C32H36N6/c1-21(2)36-31-14-13-29(20-35-31)23(4)37-30-17-27(10-7-22(30)3)24(5)38-16-15-28(18-32(38)34-6)26-11-8-25(19-33)9-12-26/h7-14,17,20-21,28,37H,4-5,15-16,18H2,1-3,6H3,(H,35,36)/b34-32-. The van der Waals surface area contributed by atoms with Crippen LogP contribution in [0.3, 0.4) is 0 Å². The molecule has 1 saturated heterocycles. The number of hydrogen-bond donors (Lipinski definition) is 2. The summed E-state index contributed by atoms with van der Waals surface area (Å²) in [5.41, 5.74) is 7.75. The average molecular weight is 505 g/mol. The van der Waals surface area contributed by atoms with Crippen molar-refractivity contribution in [2.24, 2.45) is 4.99 Å². The summed E-state index contributed by atoms with van der Waals surface area (Å²) in [5, 5.41) is 15.9. The number of piperidine rings is 1. The summed E-state index contributed by atoms with van der Waals surface area (Å²) in [6, 6.07) is 20.8. The molecule has 0 bridgehead atoms. The zero-order valence-electron chi connectivity index (χ0n) is 22.8. The van der Waals surface area contributed by atoms with Crippen LogP contribution in [0.2, 0.25) is 0 Å². The first-order chi connectivity index (χ1) is 18.3. The van der Waals surface area contributed by atoms with Gasteiger partial charge in [0, 0.05) is 54.9 Å². The fourth-order valence-corrected chi connectivity index (χ4v) is 4.74. The molecule has 194 valence electrons. The number of nitrogens with one attached hydrogen (secondary N) is 2. The highest BCUT2D eigenvalue weighted by molar-refractivity contribution is 5.92. The minimum absolute atomic E-state index is 0.327. The Bertz CT molecular complexity index is 1380. The predicted octanol–water partition coefficient (Wildman–Crippen LogP) is 7.04. The van der Waals surface area contributed by atoms with Gasteiger partial charge >= 0.3 is 0 Å². The van der Waals surface area contributed by atoms with E-state index in [-0.39, 0.29) is 0 Å². The molecule has 1 aliphatic rings. The molecule has 38 heavy (non-hydrogen) atoms. The first-order valence-electron chi connectivity index (χ1n) is 13.0. The second kappa shape index (κ2) is 11.8. The van der Waals surface area contributed by atoms with Gasteiger partial charge in [-0.1, -0.05) is 37.4 Å². The lowest BCUT2D eigenvalue weighted by atomic mass is 9.87. The van der Waals surface area contributed by atoms with Gasteiger partial charge in [-0.15, -0.1) is 0 Å². The molecular weight excluding hydrogens is 468 g/mol. The van der Waals surface area contributed by atoms with Crippen molar-refractivity contribution in [2.75, 3.05) is 24.2 Å². The molecule has 1 atom stereocenters. The van der Waals surface area contributed by atoms with E-state index in [1.165, 1.54) is 5.56 Å². The Morgan fingerprint density at radius 3 is 2.47 bits per heavy atom. The highest BCUT2D eigenvalue weighted by Gasteiger charge is 2.27. The molecule has 6 heteroatoms. The van der Waals surface area contributed by atoms with Gasteiger partial charge in [0.2, 0.25) is 0 Å². The number of hydrogen-bond acceptors (Lipinski definition) is 5. The average Bonchev–Trinajstić information content (AvgIpc) is 2.93. The highest BCUT2D eigenvalue weighted by atomic mass is 15.2. The summed E-state index contributed by atoms with van der Waals surface area (Å²) in [5.74, 6) is 2.25. The summed E-state index contributed by atoms with van der Waals surface area (Å²) >= 11 is 0. The van der Waals surface area contributed by atoms with Crippen molar-refractivity contribution in [3.05, 3.63) is 102 Å². The van der Waals surface area contributed by atoms with E-state index in [1.54, 1.807) is 0 Å². The SMILES string of the molecule is C=C(Nc1cc(C(=C)N2CCC(c3ccc(C#N)cc3)C/C2=N/C)ccc1C)c1ccc(NC(C)C)nc1. The second-order valence-electron chi connectivity index (χ2n) is 10.0. The van der Waals surface area contributed by atoms with E-state index in [9.17, 15) is 0 Å². The summed E-state index contributed by atoms with van der Waals surface area (Å²) in [6.07, 6.45) is 3.66. The molecule has 1 aromatic heterocycles. The van der Waals surface area contributed by atoms with Crippen LogP contribution in [0.1, 0.15) is 60.4 Å². The van der Waals surface area contributed by atoms with Crippen LogP contribution in [0.15, 0.2) is 78.9 Å². The van der Waals surface area contributed by atoms with Crippen LogP contribution < -0.4 is 10.6 Å². The van der Waals surface area contributed by atoms with Crippen LogP contribution in [0, 0.1) is 18.3 Å². The molecular formula is C32H36N6. The van der Waals surface area contributed by atoms with Crippen LogP contribution in [0.5, 0.6) is 0 Å². The molecule has 4 rings (SSSR count). The number of anilines is 2. The second-order valence-corrected chi connectivity index (χ2v) is 10.0. The van der Waals surface area contributed by atoms with Gasteiger partial charge in [0.25, 0.3) is 0 Å². The third kappa shape index (κ3) is 6.12. The van der Waals surface area contributed by atoms with Gasteiger partial charge < -0.3 is 15.5 Å². The Balaban J connectivity index is 1.47. The van der Waals surface area contributed by atoms with Gasteiger partial charge in [-0.3, -0.25) is 4.99 Å². The maximum Gasteiger partial charge on any atom is 0.126 e. The van der Waals surface area contributed by atoms with Crippen LogP contribution in [-0.4, -0.2) is 35.4 Å². The Labute approximate surface area is 226 Å². The molecule has 1 aliphatic heterocycles. The van der Waals surface area contributed by atoms with Crippen LogP contribution in [0.4, 0.5) is 11.5 Å². The lowest BCUT2D eigenvalue weighted by Gasteiger charge is -2.36. The fraction of sp³-hybridized carbons (Fsp3) is 0.281. The largest absolute Gasteiger partial charge is 0.368 e. The smallest absolute Gasteiger partial charge is 0.126 e. The Morgan fingerprint density at radius 1 is 1.11 bits per heavy atom. The minimum Gasteiger partial charge on any atom is -0.368 e. The number of likely N-dealkylation sites (tertiary alicyclic amines) is 1. The van der Waals surface area contributed by atoms with Gasteiger partial charge in [0.15, 0.2) is 0 Å². The lowest BCUT2D eigenvalue weighted by molar-refractivity contribution is 0.448. The number of rotatable bonds is 8. The van der Waals surface area contributed by atoms with Crippen molar-refractivity contribution >= 4 is 28.7 Å². The number of amidine groups is 1. The fourth-order valence-electron chi connectivity index (χ4n) is 4.74. The monoisotopic (exact) mass is 504 g/mol. The first kappa shape index (κ1) is 26.7. The molecule has 0 saturated carbocycles. The van der Waals surface area contributed by atoms with Crippen LogP contribution in [-0.2, 0) is 0 Å². The maximum absolute atomic E-state index is 9.10. The van der Waals surface area contributed by atoms with E-state index >= 15 is 0 Å². The summed E-state index contributed by atoms with van der Waals surface area (Å²) in [7, 11) is 1.85. The number of aliphatic imine (C=N–C) groups is 1. The summed E-state index contributed by atoms with van der Waals surface area (Å²) in [6.45, 7) is 15.8. The van der Waals surface area contributed by atoms with Crippen LogP contribution in [0.25, 0.3) is 11.4 Å². The number of aryl methyl sites for hydroxylation is 1. The van der Waals surface area contributed by atoms with Crippen molar-refractivity contribution < 1.29 is 0 Å². The maximum atomic E-state index is 9.10. The lowest BCUT2D eigenvalue weighted by Crippen LogP contribution is -2.36. The van der Waals surface area contributed by atoms with E-state index in [2.05, 4.69) is 95.8 Å². The highest BCUT2D eigenvalue weighted by Crippen LogP contribution is 2.34. The van der Waals surface area contributed by atoms with E-state index < -0.39 is 0 Å². The van der Waals surface area contributed by atoms with Crippen molar-refractivity contribution in [1.29, 1.82) is 5.26 Å².